The monoisotopic (exact) mass is 257 g/mol. The van der Waals surface area contributed by atoms with Crippen LogP contribution in [0, 0.1) is 5.92 Å². The summed E-state index contributed by atoms with van der Waals surface area (Å²) in [5.74, 6) is 1.68. The molecule has 3 rings (SSSR count). The first-order valence-electron chi connectivity index (χ1n) is 6.17. The maximum absolute atomic E-state index is 5.79. The summed E-state index contributed by atoms with van der Waals surface area (Å²) in [5, 5.41) is 4.38. The third-order valence-electron chi connectivity index (χ3n) is 3.25. The SMILES string of the molecule is NC(=S)c1cc(NCC2CC2)nc2ccccc12. The van der Waals surface area contributed by atoms with Gasteiger partial charge >= 0.3 is 0 Å². The third-order valence-corrected chi connectivity index (χ3v) is 3.47. The van der Waals surface area contributed by atoms with Crippen LogP contribution in [0.1, 0.15) is 18.4 Å². The number of rotatable bonds is 4. The van der Waals surface area contributed by atoms with E-state index in [0.29, 0.717) is 4.99 Å². The van der Waals surface area contributed by atoms with Gasteiger partial charge in [0.2, 0.25) is 0 Å². The van der Waals surface area contributed by atoms with Crippen LogP contribution in [0.15, 0.2) is 30.3 Å². The van der Waals surface area contributed by atoms with Crippen LogP contribution in [-0.2, 0) is 0 Å². The van der Waals surface area contributed by atoms with Crippen LogP contribution in [0.4, 0.5) is 5.82 Å². The van der Waals surface area contributed by atoms with Crippen molar-refractivity contribution in [2.75, 3.05) is 11.9 Å². The van der Waals surface area contributed by atoms with Crippen LogP contribution < -0.4 is 11.1 Å². The van der Waals surface area contributed by atoms with E-state index in [2.05, 4.69) is 10.3 Å². The number of fused-ring (bicyclic) bond motifs is 1. The molecule has 3 nitrogen and oxygen atoms in total. The number of thiocarbonyl (C=S) groups is 1. The number of nitrogens with two attached hydrogens (primary N) is 1. The highest BCUT2D eigenvalue weighted by Crippen LogP contribution is 2.29. The van der Waals surface area contributed by atoms with Crippen molar-refractivity contribution in [2.24, 2.45) is 11.7 Å². The van der Waals surface area contributed by atoms with Crippen molar-refractivity contribution >= 4 is 33.9 Å². The molecule has 1 aromatic heterocycles. The average Bonchev–Trinajstić information content (AvgIpc) is 3.19. The third kappa shape index (κ3) is 2.29. The predicted molar refractivity (Wildman–Crippen MR) is 78.8 cm³/mol. The Morgan fingerprint density at radius 2 is 2.17 bits per heavy atom. The Hall–Kier alpha value is -1.68. The molecule has 4 heteroatoms. The molecule has 1 aromatic carbocycles. The molecule has 0 aliphatic heterocycles. The summed E-state index contributed by atoms with van der Waals surface area (Å²) < 4.78 is 0. The van der Waals surface area contributed by atoms with Gasteiger partial charge in [-0.1, -0.05) is 30.4 Å². The number of benzene rings is 1. The van der Waals surface area contributed by atoms with Crippen molar-refractivity contribution in [3.63, 3.8) is 0 Å². The first-order valence-corrected chi connectivity index (χ1v) is 6.58. The standard InChI is InChI=1S/C14H15N3S/c15-14(18)11-7-13(16-8-9-5-6-9)17-12-4-2-1-3-10(11)12/h1-4,7,9H,5-6,8H2,(H2,15,18)(H,16,17). The van der Waals surface area contributed by atoms with E-state index < -0.39 is 0 Å². The number of hydrogen-bond acceptors (Lipinski definition) is 3. The summed E-state index contributed by atoms with van der Waals surface area (Å²) in [4.78, 5) is 5.01. The topological polar surface area (TPSA) is 50.9 Å². The van der Waals surface area contributed by atoms with E-state index in [4.69, 9.17) is 18.0 Å². The molecule has 0 saturated heterocycles. The number of anilines is 1. The summed E-state index contributed by atoms with van der Waals surface area (Å²) in [6.07, 6.45) is 2.64. The molecule has 0 radical (unpaired) electrons. The normalized spacial score (nSPS) is 14.7. The van der Waals surface area contributed by atoms with E-state index in [9.17, 15) is 0 Å². The Kier molecular flexibility index (Phi) is 2.88. The van der Waals surface area contributed by atoms with Gasteiger partial charge in [0.1, 0.15) is 10.8 Å². The van der Waals surface area contributed by atoms with Crippen LogP contribution in [0.3, 0.4) is 0 Å². The van der Waals surface area contributed by atoms with Crippen molar-refractivity contribution in [1.82, 2.24) is 4.98 Å². The van der Waals surface area contributed by atoms with Gasteiger partial charge in [0, 0.05) is 17.5 Å². The molecule has 1 heterocycles. The zero-order chi connectivity index (χ0) is 12.5. The van der Waals surface area contributed by atoms with E-state index in [1.54, 1.807) is 0 Å². The van der Waals surface area contributed by atoms with Gasteiger partial charge in [0.25, 0.3) is 0 Å². The zero-order valence-electron chi connectivity index (χ0n) is 10.0. The fourth-order valence-electron chi connectivity index (χ4n) is 2.04. The highest BCUT2D eigenvalue weighted by Gasteiger charge is 2.21. The van der Waals surface area contributed by atoms with Crippen LogP contribution in [0.2, 0.25) is 0 Å². The summed E-state index contributed by atoms with van der Waals surface area (Å²) >= 11 is 5.12. The van der Waals surface area contributed by atoms with Crippen LogP contribution in [0.25, 0.3) is 10.9 Å². The lowest BCUT2D eigenvalue weighted by atomic mass is 10.1. The van der Waals surface area contributed by atoms with Crippen molar-refractivity contribution in [3.05, 3.63) is 35.9 Å². The van der Waals surface area contributed by atoms with Gasteiger partial charge in [-0.05, 0) is 30.9 Å². The molecule has 1 saturated carbocycles. The maximum atomic E-state index is 5.79. The van der Waals surface area contributed by atoms with Crippen LogP contribution in [-0.4, -0.2) is 16.5 Å². The number of aromatic nitrogens is 1. The lowest BCUT2D eigenvalue weighted by molar-refractivity contribution is 0.884. The molecule has 0 bridgehead atoms. The van der Waals surface area contributed by atoms with Gasteiger partial charge in [-0.15, -0.1) is 0 Å². The van der Waals surface area contributed by atoms with Crippen LogP contribution in [0.5, 0.6) is 0 Å². The molecule has 0 amide bonds. The number of para-hydroxylation sites is 1. The molecular formula is C14H15N3S. The van der Waals surface area contributed by atoms with Gasteiger partial charge in [-0.25, -0.2) is 4.98 Å². The zero-order valence-corrected chi connectivity index (χ0v) is 10.8. The fraction of sp³-hybridized carbons (Fsp3) is 0.286. The molecule has 0 unspecified atom stereocenters. The van der Waals surface area contributed by atoms with E-state index in [0.717, 1.165) is 34.7 Å². The molecule has 0 spiro atoms. The van der Waals surface area contributed by atoms with Crippen molar-refractivity contribution in [3.8, 4) is 0 Å². The summed E-state index contributed by atoms with van der Waals surface area (Å²) in [7, 11) is 0. The molecule has 2 aromatic rings. The molecule has 0 atom stereocenters. The van der Waals surface area contributed by atoms with Gasteiger partial charge < -0.3 is 11.1 Å². The predicted octanol–water partition coefficient (Wildman–Crippen LogP) is 2.69. The van der Waals surface area contributed by atoms with Gasteiger partial charge in [-0.3, -0.25) is 0 Å². The largest absolute Gasteiger partial charge is 0.389 e. The lowest BCUT2D eigenvalue weighted by Crippen LogP contribution is -2.12. The molecule has 92 valence electrons. The van der Waals surface area contributed by atoms with E-state index in [-0.39, 0.29) is 0 Å². The van der Waals surface area contributed by atoms with E-state index in [1.807, 2.05) is 30.3 Å². The summed E-state index contributed by atoms with van der Waals surface area (Å²) in [5.41, 5.74) is 7.62. The van der Waals surface area contributed by atoms with Crippen molar-refractivity contribution in [1.29, 1.82) is 0 Å². The Morgan fingerprint density at radius 3 is 2.89 bits per heavy atom. The number of nitrogens with zero attached hydrogens (tertiary/aromatic N) is 1. The Morgan fingerprint density at radius 1 is 1.39 bits per heavy atom. The average molecular weight is 257 g/mol. The van der Waals surface area contributed by atoms with Crippen molar-refractivity contribution in [2.45, 2.75) is 12.8 Å². The van der Waals surface area contributed by atoms with Crippen molar-refractivity contribution < 1.29 is 0 Å². The van der Waals surface area contributed by atoms with E-state index in [1.165, 1.54) is 12.8 Å². The van der Waals surface area contributed by atoms with Crippen LogP contribution >= 0.6 is 12.2 Å². The maximum Gasteiger partial charge on any atom is 0.127 e. The van der Waals surface area contributed by atoms with E-state index >= 15 is 0 Å². The molecule has 3 N–H and O–H groups in total. The van der Waals surface area contributed by atoms with Gasteiger partial charge in [0.05, 0.1) is 5.52 Å². The lowest BCUT2D eigenvalue weighted by Gasteiger charge is -2.10. The van der Waals surface area contributed by atoms with Gasteiger partial charge in [-0.2, -0.15) is 0 Å². The molecule has 18 heavy (non-hydrogen) atoms. The molecule has 1 aliphatic rings. The highest BCUT2D eigenvalue weighted by atomic mass is 32.1. The number of hydrogen-bond donors (Lipinski definition) is 2. The second-order valence-electron chi connectivity index (χ2n) is 4.76. The Bertz CT molecular complexity index is 605. The minimum absolute atomic E-state index is 0.420. The quantitative estimate of drug-likeness (QED) is 0.827. The molecular weight excluding hydrogens is 242 g/mol. The second kappa shape index (κ2) is 4.53. The Balaban J connectivity index is 2.01. The minimum atomic E-state index is 0.420. The Labute approximate surface area is 111 Å². The fourth-order valence-corrected chi connectivity index (χ4v) is 2.21. The smallest absolute Gasteiger partial charge is 0.127 e. The molecule has 1 fully saturated rings. The molecule has 1 aliphatic carbocycles. The minimum Gasteiger partial charge on any atom is -0.389 e. The number of nitrogens with one attached hydrogen (secondary N) is 1. The first kappa shape index (κ1) is 11.4. The highest BCUT2D eigenvalue weighted by molar-refractivity contribution is 7.80. The van der Waals surface area contributed by atoms with Gasteiger partial charge in [0.15, 0.2) is 0 Å². The summed E-state index contributed by atoms with van der Waals surface area (Å²) in [6.45, 7) is 0.988. The summed E-state index contributed by atoms with van der Waals surface area (Å²) in [6, 6.07) is 9.89. The second-order valence-corrected chi connectivity index (χ2v) is 5.20. The number of pyridine rings is 1. The first-order chi connectivity index (χ1) is 8.74.